The van der Waals surface area contributed by atoms with E-state index in [2.05, 4.69) is 4.98 Å². The summed E-state index contributed by atoms with van der Waals surface area (Å²) < 4.78 is 28.8. The molecule has 0 bridgehead atoms. The quantitative estimate of drug-likeness (QED) is 0.520. The Bertz CT molecular complexity index is 1190. The number of sulfonamides is 1. The molecule has 1 aromatic heterocycles. The van der Waals surface area contributed by atoms with Gasteiger partial charge in [-0.3, -0.25) is 4.79 Å². The van der Waals surface area contributed by atoms with Crippen molar-refractivity contribution in [2.24, 2.45) is 0 Å². The molecule has 1 aliphatic heterocycles. The second kappa shape index (κ2) is 8.86. The third-order valence-electron chi connectivity index (χ3n) is 5.68. The van der Waals surface area contributed by atoms with E-state index in [1.165, 1.54) is 16.4 Å². The Balaban J connectivity index is 1.61. The van der Waals surface area contributed by atoms with Crippen LogP contribution in [-0.4, -0.2) is 48.7 Å². The van der Waals surface area contributed by atoms with Crippen LogP contribution in [0.4, 0.5) is 0 Å². The first-order valence-electron chi connectivity index (χ1n) is 10.2. The largest absolute Gasteiger partial charge is 0.333 e. The first-order chi connectivity index (χ1) is 14.8. The van der Waals surface area contributed by atoms with Crippen LogP contribution in [0, 0.1) is 0 Å². The molecule has 1 amide bonds. The van der Waals surface area contributed by atoms with E-state index in [1.807, 2.05) is 31.2 Å². The van der Waals surface area contributed by atoms with Gasteiger partial charge in [0, 0.05) is 25.7 Å². The molecular weight excluding hydrogens is 454 g/mol. The van der Waals surface area contributed by atoms with Gasteiger partial charge in [0.15, 0.2) is 0 Å². The van der Waals surface area contributed by atoms with Gasteiger partial charge in [-0.15, -0.1) is 11.3 Å². The number of halogens is 1. The molecule has 1 saturated heterocycles. The molecule has 3 aromatic rings. The molecule has 1 atom stereocenters. The van der Waals surface area contributed by atoms with Crippen LogP contribution in [0.5, 0.6) is 0 Å². The van der Waals surface area contributed by atoms with Gasteiger partial charge in [-0.1, -0.05) is 30.2 Å². The second-order valence-electron chi connectivity index (χ2n) is 7.72. The molecule has 0 saturated carbocycles. The molecule has 0 N–H and O–H groups in total. The standard InChI is InChI=1S/C22H24ClN3O3S2/c1-15(21-24-18-8-4-5-9-19(18)30-21)25(2)22(27)16-10-11-17(23)20(14-16)31(28,29)26-12-6-3-7-13-26/h4-5,8-11,14-15H,3,6-7,12-13H2,1-2H3. The molecule has 0 radical (unpaired) electrons. The van der Waals surface area contributed by atoms with Crippen LogP contribution in [0.1, 0.15) is 47.6 Å². The summed E-state index contributed by atoms with van der Waals surface area (Å²) in [6.45, 7) is 2.87. The maximum absolute atomic E-state index is 13.2. The van der Waals surface area contributed by atoms with Crippen molar-refractivity contribution in [3.05, 3.63) is 58.1 Å². The van der Waals surface area contributed by atoms with Gasteiger partial charge < -0.3 is 4.90 Å². The van der Waals surface area contributed by atoms with E-state index in [1.54, 1.807) is 29.4 Å². The lowest BCUT2D eigenvalue weighted by Crippen LogP contribution is -2.36. The minimum absolute atomic E-state index is 0.0112. The van der Waals surface area contributed by atoms with Gasteiger partial charge in [0.25, 0.3) is 5.91 Å². The topological polar surface area (TPSA) is 70.6 Å². The van der Waals surface area contributed by atoms with Gasteiger partial charge in [-0.2, -0.15) is 4.31 Å². The number of piperidine rings is 1. The fourth-order valence-electron chi connectivity index (χ4n) is 3.69. The summed E-state index contributed by atoms with van der Waals surface area (Å²) in [4.78, 5) is 19.4. The number of fused-ring (bicyclic) bond motifs is 1. The fraction of sp³-hybridized carbons (Fsp3) is 0.364. The zero-order chi connectivity index (χ0) is 22.2. The molecule has 6 nitrogen and oxygen atoms in total. The van der Waals surface area contributed by atoms with Crippen molar-refractivity contribution in [2.45, 2.75) is 37.1 Å². The molecule has 31 heavy (non-hydrogen) atoms. The number of hydrogen-bond donors (Lipinski definition) is 0. The Hall–Kier alpha value is -2.00. The van der Waals surface area contributed by atoms with Crippen LogP contribution in [-0.2, 0) is 10.0 Å². The van der Waals surface area contributed by atoms with Gasteiger partial charge in [0.1, 0.15) is 9.90 Å². The smallest absolute Gasteiger partial charge is 0.254 e. The summed E-state index contributed by atoms with van der Waals surface area (Å²) in [7, 11) is -2.04. The average Bonchev–Trinajstić information content (AvgIpc) is 3.22. The molecule has 164 valence electrons. The predicted octanol–water partition coefficient (Wildman–Crippen LogP) is 4.96. The van der Waals surface area contributed by atoms with Crippen molar-refractivity contribution in [3.8, 4) is 0 Å². The summed E-state index contributed by atoms with van der Waals surface area (Å²) in [5.74, 6) is -0.279. The number of hydrogen-bond acceptors (Lipinski definition) is 5. The Morgan fingerprint density at radius 2 is 1.87 bits per heavy atom. The zero-order valence-electron chi connectivity index (χ0n) is 17.4. The van der Waals surface area contributed by atoms with Crippen molar-refractivity contribution in [1.29, 1.82) is 0 Å². The van der Waals surface area contributed by atoms with Crippen molar-refractivity contribution in [3.63, 3.8) is 0 Å². The van der Waals surface area contributed by atoms with E-state index in [4.69, 9.17) is 11.6 Å². The molecule has 1 unspecified atom stereocenters. The number of nitrogens with zero attached hydrogens (tertiary/aromatic N) is 3. The molecule has 2 aromatic carbocycles. The van der Waals surface area contributed by atoms with Crippen LogP contribution in [0.25, 0.3) is 10.2 Å². The van der Waals surface area contributed by atoms with Crippen molar-refractivity contribution in [1.82, 2.24) is 14.2 Å². The molecule has 1 fully saturated rings. The van der Waals surface area contributed by atoms with Crippen LogP contribution in [0.3, 0.4) is 0 Å². The van der Waals surface area contributed by atoms with Crippen LogP contribution < -0.4 is 0 Å². The van der Waals surface area contributed by atoms with Gasteiger partial charge >= 0.3 is 0 Å². The van der Waals surface area contributed by atoms with E-state index < -0.39 is 10.0 Å². The zero-order valence-corrected chi connectivity index (χ0v) is 19.8. The summed E-state index contributed by atoms with van der Waals surface area (Å²) in [6.07, 6.45) is 2.68. The monoisotopic (exact) mass is 477 g/mol. The summed E-state index contributed by atoms with van der Waals surface area (Å²) in [5.41, 5.74) is 1.19. The van der Waals surface area contributed by atoms with Crippen LogP contribution in [0.15, 0.2) is 47.4 Å². The Morgan fingerprint density at radius 1 is 1.16 bits per heavy atom. The summed E-state index contributed by atoms with van der Waals surface area (Å²) in [5, 5.41) is 0.955. The van der Waals surface area contributed by atoms with Crippen molar-refractivity contribution >= 4 is 49.1 Å². The second-order valence-corrected chi connectivity index (χ2v) is 11.1. The highest BCUT2D eigenvalue weighted by molar-refractivity contribution is 7.89. The minimum atomic E-state index is -3.74. The summed E-state index contributed by atoms with van der Waals surface area (Å²) in [6, 6.07) is 12.0. The van der Waals surface area contributed by atoms with Crippen LogP contribution >= 0.6 is 22.9 Å². The SMILES string of the molecule is CC(c1nc2ccccc2s1)N(C)C(=O)c1ccc(Cl)c(S(=O)(=O)N2CCCCC2)c1. The number of amides is 1. The summed E-state index contributed by atoms with van der Waals surface area (Å²) >= 11 is 7.80. The van der Waals surface area contributed by atoms with E-state index in [0.29, 0.717) is 13.1 Å². The highest BCUT2D eigenvalue weighted by atomic mass is 35.5. The lowest BCUT2D eigenvalue weighted by Gasteiger charge is -2.27. The van der Waals surface area contributed by atoms with Gasteiger partial charge in [0.05, 0.1) is 21.3 Å². The molecule has 0 aliphatic carbocycles. The first-order valence-corrected chi connectivity index (χ1v) is 12.8. The first kappa shape index (κ1) is 22.2. The number of thiazole rings is 1. The van der Waals surface area contributed by atoms with Gasteiger partial charge in [-0.05, 0) is 50.1 Å². The number of para-hydroxylation sites is 1. The van der Waals surface area contributed by atoms with Crippen LogP contribution in [0.2, 0.25) is 5.02 Å². The normalized spacial score (nSPS) is 16.4. The number of aromatic nitrogens is 1. The average molecular weight is 478 g/mol. The lowest BCUT2D eigenvalue weighted by molar-refractivity contribution is 0.0742. The Morgan fingerprint density at radius 3 is 2.58 bits per heavy atom. The molecular formula is C22H24ClN3O3S2. The van der Waals surface area contributed by atoms with E-state index in [9.17, 15) is 13.2 Å². The molecule has 2 heterocycles. The third kappa shape index (κ3) is 4.35. The highest BCUT2D eigenvalue weighted by Crippen LogP contribution is 2.31. The number of carbonyl (C=O) groups is 1. The Labute approximate surface area is 191 Å². The fourth-order valence-corrected chi connectivity index (χ4v) is 6.77. The maximum Gasteiger partial charge on any atom is 0.254 e. The van der Waals surface area contributed by atoms with E-state index >= 15 is 0 Å². The molecule has 1 aliphatic rings. The molecule has 0 spiro atoms. The van der Waals surface area contributed by atoms with E-state index in [-0.39, 0.29) is 27.4 Å². The van der Waals surface area contributed by atoms with E-state index in [0.717, 1.165) is 34.5 Å². The third-order valence-corrected chi connectivity index (χ3v) is 9.27. The van der Waals surface area contributed by atoms with Crippen molar-refractivity contribution in [2.75, 3.05) is 20.1 Å². The van der Waals surface area contributed by atoms with Gasteiger partial charge in [0.2, 0.25) is 10.0 Å². The Kier molecular flexibility index (Phi) is 6.35. The number of benzene rings is 2. The molecule has 4 rings (SSSR count). The number of carbonyl (C=O) groups excluding carboxylic acids is 1. The predicted molar refractivity (Wildman–Crippen MR) is 124 cm³/mol. The van der Waals surface area contributed by atoms with Crippen molar-refractivity contribution < 1.29 is 13.2 Å². The molecule has 9 heteroatoms. The lowest BCUT2D eigenvalue weighted by atomic mass is 10.2. The maximum atomic E-state index is 13.2. The van der Waals surface area contributed by atoms with Gasteiger partial charge in [-0.25, -0.2) is 13.4 Å². The minimum Gasteiger partial charge on any atom is -0.333 e. The highest BCUT2D eigenvalue weighted by Gasteiger charge is 2.30. The number of rotatable bonds is 5.